The highest BCUT2D eigenvalue weighted by atomic mass is 16.7. The van der Waals surface area contributed by atoms with Crippen LogP contribution in [0.5, 0.6) is 0 Å². The molecule has 96 valence electrons. The van der Waals surface area contributed by atoms with E-state index >= 15 is 0 Å². The minimum Gasteiger partial charge on any atom is -0.405 e. The van der Waals surface area contributed by atoms with Crippen molar-refractivity contribution >= 4 is 5.76 Å². The minimum atomic E-state index is 0.459. The van der Waals surface area contributed by atoms with Crippen LogP contribution in [0.4, 0.5) is 0 Å². The van der Waals surface area contributed by atoms with Gasteiger partial charge in [-0.3, -0.25) is 0 Å². The molecule has 2 nitrogen and oxygen atoms in total. The van der Waals surface area contributed by atoms with Gasteiger partial charge in [0.25, 0.3) is 0 Å². The van der Waals surface area contributed by atoms with Gasteiger partial charge in [-0.1, -0.05) is 49.6 Å². The zero-order chi connectivity index (χ0) is 12.4. The summed E-state index contributed by atoms with van der Waals surface area (Å²) in [4.78, 5) is 5.91. The average molecular weight is 243 g/mol. The van der Waals surface area contributed by atoms with Gasteiger partial charge in [-0.25, -0.2) is 0 Å². The first-order valence-corrected chi connectivity index (χ1v) is 7.02. The minimum absolute atomic E-state index is 0.459. The summed E-state index contributed by atoms with van der Waals surface area (Å²) in [7, 11) is 2.06. The van der Waals surface area contributed by atoms with Crippen LogP contribution in [-0.2, 0) is 4.84 Å². The molecule has 0 amide bonds. The van der Waals surface area contributed by atoms with Crippen molar-refractivity contribution in [1.29, 1.82) is 0 Å². The number of hydrogen-bond donors (Lipinski definition) is 0. The van der Waals surface area contributed by atoms with E-state index in [1.165, 1.54) is 37.7 Å². The van der Waals surface area contributed by atoms with E-state index in [4.69, 9.17) is 4.84 Å². The zero-order valence-electron chi connectivity index (χ0n) is 11.0. The number of nitrogens with zero attached hydrogens (tertiary/aromatic N) is 1. The van der Waals surface area contributed by atoms with Gasteiger partial charge >= 0.3 is 0 Å². The van der Waals surface area contributed by atoms with E-state index < -0.39 is 0 Å². The summed E-state index contributed by atoms with van der Waals surface area (Å²) in [6.45, 7) is 0. The summed E-state index contributed by atoms with van der Waals surface area (Å²) in [5.74, 6) is 1.79. The number of benzene rings is 1. The molecule has 1 aromatic rings. The first-order valence-electron chi connectivity index (χ1n) is 7.02. The molecule has 1 aliphatic heterocycles. The number of hydroxylamine groups is 2. The molecule has 1 fully saturated rings. The quantitative estimate of drug-likeness (QED) is 0.782. The molecular formula is C16H21NO. The van der Waals surface area contributed by atoms with Gasteiger partial charge in [0, 0.05) is 12.6 Å². The first-order chi connectivity index (χ1) is 8.84. The SMILES string of the molecule is CN1OC(c2ccccc2)=CC1C1CCCCC1. The number of rotatable bonds is 2. The zero-order valence-corrected chi connectivity index (χ0v) is 11.0. The maximum atomic E-state index is 5.91. The lowest BCUT2D eigenvalue weighted by molar-refractivity contribution is -0.0830. The van der Waals surface area contributed by atoms with E-state index in [0.29, 0.717) is 6.04 Å². The Morgan fingerprint density at radius 2 is 1.78 bits per heavy atom. The second kappa shape index (κ2) is 5.15. The van der Waals surface area contributed by atoms with Crippen LogP contribution in [0.3, 0.4) is 0 Å². The maximum absolute atomic E-state index is 5.91. The lowest BCUT2D eigenvalue weighted by atomic mass is 9.83. The second-order valence-corrected chi connectivity index (χ2v) is 5.42. The highest BCUT2D eigenvalue weighted by Gasteiger charge is 2.32. The standard InChI is InChI=1S/C16H21NO/c1-17-15(13-8-4-2-5-9-13)12-16(18-17)14-10-6-3-7-11-14/h3,6-7,10-13,15H,2,4-5,8-9H2,1H3. The third kappa shape index (κ3) is 2.30. The van der Waals surface area contributed by atoms with Gasteiger partial charge in [-0.15, -0.1) is 5.06 Å². The molecule has 1 unspecified atom stereocenters. The van der Waals surface area contributed by atoms with Crippen LogP contribution in [0.1, 0.15) is 37.7 Å². The molecule has 0 radical (unpaired) electrons. The van der Waals surface area contributed by atoms with Crippen LogP contribution in [0.15, 0.2) is 36.4 Å². The van der Waals surface area contributed by atoms with Crippen LogP contribution < -0.4 is 0 Å². The Kier molecular flexibility index (Phi) is 3.37. The first kappa shape index (κ1) is 11.8. The largest absolute Gasteiger partial charge is 0.405 e. The fourth-order valence-electron chi connectivity index (χ4n) is 3.17. The smallest absolute Gasteiger partial charge is 0.152 e. The Hall–Kier alpha value is -1.28. The topological polar surface area (TPSA) is 12.5 Å². The molecule has 18 heavy (non-hydrogen) atoms. The van der Waals surface area contributed by atoms with E-state index in [1.807, 2.05) is 11.1 Å². The lowest BCUT2D eigenvalue weighted by Gasteiger charge is -2.29. The van der Waals surface area contributed by atoms with Gasteiger partial charge in [0.05, 0.1) is 6.04 Å². The van der Waals surface area contributed by atoms with E-state index in [9.17, 15) is 0 Å². The number of likely N-dealkylation sites (N-methyl/N-ethyl adjacent to an activating group) is 1. The van der Waals surface area contributed by atoms with Crippen molar-refractivity contribution in [2.75, 3.05) is 7.05 Å². The molecule has 0 saturated heterocycles. The normalized spacial score (nSPS) is 25.8. The molecular weight excluding hydrogens is 222 g/mol. The van der Waals surface area contributed by atoms with Gasteiger partial charge < -0.3 is 4.84 Å². The van der Waals surface area contributed by atoms with Crippen molar-refractivity contribution in [1.82, 2.24) is 5.06 Å². The molecule has 0 bridgehead atoms. The van der Waals surface area contributed by atoms with Gasteiger partial charge in [-0.2, -0.15) is 0 Å². The maximum Gasteiger partial charge on any atom is 0.152 e. The predicted molar refractivity (Wildman–Crippen MR) is 73.6 cm³/mol. The highest BCUT2D eigenvalue weighted by Crippen LogP contribution is 2.35. The molecule has 2 heteroatoms. The molecule has 1 aromatic carbocycles. The van der Waals surface area contributed by atoms with Gasteiger partial charge in [-0.05, 0) is 24.8 Å². The van der Waals surface area contributed by atoms with Gasteiger partial charge in [0.15, 0.2) is 5.76 Å². The summed E-state index contributed by atoms with van der Waals surface area (Å²) in [5, 5.41) is 2.04. The van der Waals surface area contributed by atoms with Crippen molar-refractivity contribution in [2.24, 2.45) is 5.92 Å². The van der Waals surface area contributed by atoms with Crippen molar-refractivity contribution in [3.8, 4) is 0 Å². The third-order valence-corrected chi connectivity index (χ3v) is 4.18. The Morgan fingerprint density at radius 1 is 1.06 bits per heavy atom. The van der Waals surface area contributed by atoms with Crippen LogP contribution in [0.2, 0.25) is 0 Å². The highest BCUT2D eigenvalue weighted by molar-refractivity contribution is 5.61. The predicted octanol–water partition coefficient (Wildman–Crippen LogP) is 3.85. The Labute approximate surface area is 109 Å². The third-order valence-electron chi connectivity index (χ3n) is 4.18. The number of hydrogen-bond acceptors (Lipinski definition) is 2. The molecule has 0 spiro atoms. The Bertz CT molecular complexity index is 420. The molecule has 0 aromatic heterocycles. The summed E-state index contributed by atoms with van der Waals surface area (Å²) in [5.41, 5.74) is 1.18. The fraction of sp³-hybridized carbons (Fsp3) is 0.500. The van der Waals surface area contributed by atoms with Crippen molar-refractivity contribution < 1.29 is 4.84 Å². The monoisotopic (exact) mass is 243 g/mol. The van der Waals surface area contributed by atoms with Gasteiger partial charge in [0.1, 0.15) is 0 Å². The van der Waals surface area contributed by atoms with E-state index in [2.05, 4.69) is 37.4 Å². The van der Waals surface area contributed by atoms with Crippen molar-refractivity contribution in [2.45, 2.75) is 38.1 Å². The second-order valence-electron chi connectivity index (χ2n) is 5.42. The molecule has 3 rings (SSSR count). The fourth-order valence-corrected chi connectivity index (χ4v) is 3.17. The molecule has 1 aliphatic carbocycles. The van der Waals surface area contributed by atoms with Crippen LogP contribution in [-0.4, -0.2) is 18.2 Å². The van der Waals surface area contributed by atoms with Crippen LogP contribution in [0, 0.1) is 5.92 Å². The van der Waals surface area contributed by atoms with Gasteiger partial charge in [0.2, 0.25) is 0 Å². The molecule has 2 aliphatic rings. The molecule has 1 atom stereocenters. The Morgan fingerprint density at radius 3 is 2.50 bits per heavy atom. The van der Waals surface area contributed by atoms with E-state index in [1.54, 1.807) is 0 Å². The average Bonchev–Trinajstić information content (AvgIpc) is 2.83. The van der Waals surface area contributed by atoms with Crippen LogP contribution >= 0.6 is 0 Å². The summed E-state index contributed by atoms with van der Waals surface area (Å²) in [6, 6.07) is 10.9. The summed E-state index contributed by atoms with van der Waals surface area (Å²) >= 11 is 0. The van der Waals surface area contributed by atoms with E-state index in [-0.39, 0.29) is 0 Å². The molecule has 1 heterocycles. The van der Waals surface area contributed by atoms with Crippen molar-refractivity contribution in [3.63, 3.8) is 0 Å². The summed E-state index contributed by atoms with van der Waals surface area (Å²) in [6.07, 6.45) is 9.16. The van der Waals surface area contributed by atoms with Crippen LogP contribution in [0.25, 0.3) is 5.76 Å². The summed E-state index contributed by atoms with van der Waals surface area (Å²) < 4.78 is 0. The Balaban J connectivity index is 1.78. The van der Waals surface area contributed by atoms with E-state index in [0.717, 1.165) is 11.7 Å². The lowest BCUT2D eigenvalue weighted by Crippen LogP contribution is -2.33. The van der Waals surface area contributed by atoms with Crippen molar-refractivity contribution in [3.05, 3.63) is 42.0 Å². The molecule has 1 saturated carbocycles. The molecule has 0 N–H and O–H groups in total.